The van der Waals surface area contributed by atoms with Gasteiger partial charge in [0.25, 0.3) is 0 Å². The van der Waals surface area contributed by atoms with Crippen LogP contribution in [0.2, 0.25) is 0 Å². The fraction of sp³-hybridized carbons (Fsp3) is 0.0588. The Morgan fingerprint density at radius 1 is 1.09 bits per heavy atom. The van der Waals surface area contributed by atoms with Crippen molar-refractivity contribution in [3.05, 3.63) is 58.9 Å². The molecule has 2 N–H and O–H groups in total. The Morgan fingerprint density at radius 2 is 2.00 bits per heavy atom. The lowest BCUT2D eigenvalue weighted by Crippen LogP contribution is -1.90. The van der Waals surface area contributed by atoms with E-state index in [4.69, 9.17) is 0 Å². The number of aliphatic hydroxyl groups is 1. The van der Waals surface area contributed by atoms with E-state index in [2.05, 4.69) is 32.0 Å². The summed E-state index contributed by atoms with van der Waals surface area (Å²) in [5.41, 5.74) is 5.66. The molecule has 0 fully saturated rings. The van der Waals surface area contributed by atoms with E-state index in [1.54, 1.807) is 17.5 Å². The Hall–Kier alpha value is -2.50. The molecule has 0 unspecified atom stereocenters. The van der Waals surface area contributed by atoms with E-state index in [-0.39, 0.29) is 6.61 Å². The molecule has 0 bridgehead atoms. The quantitative estimate of drug-likeness (QED) is 0.604. The van der Waals surface area contributed by atoms with Gasteiger partial charge in [0.15, 0.2) is 5.65 Å². The third-order valence-electron chi connectivity index (χ3n) is 3.74. The topological polar surface area (TPSA) is 61.8 Å². The minimum absolute atomic E-state index is 0.00919. The zero-order valence-electron chi connectivity index (χ0n) is 11.7. The van der Waals surface area contributed by atoms with Gasteiger partial charge in [0, 0.05) is 11.8 Å². The molecule has 0 amide bonds. The lowest BCUT2D eigenvalue weighted by Gasteiger charge is -2.07. The second-order valence-corrected chi connectivity index (χ2v) is 5.76. The number of nitrogens with zero attached hydrogens (tertiary/aromatic N) is 2. The molecule has 0 aliphatic heterocycles. The molecule has 22 heavy (non-hydrogen) atoms. The van der Waals surface area contributed by atoms with Crippen molar-refractivity contribution in [1.29, 1.82) is 0 Å². The van der Waals surface area contributed by atoms with Crippen LogP contribution in [0.15, 0.2) is 53.4 Å². The van der Waals surface area contributed by atoms with E-state index in [1.165, 1.54) is 0 Å². The summed E-state index contributed by atoms with van der Waals surface area (Å²) in [6, 6.07) is 11.9. The fourth-order valence-electron chi connectivity index (χ4n) is 2.70. The van der Waals surface area contributed by atoms with Crippen LogP contribution in [0.4, 0.5) is 0 Å². The fourth-order valence-corrected chi connectivity index (χ4v) is 3.36. The summed E-state index contributed by atoms with van der Waals surface area (Å²) in [5, 5.41) is 22.2. The second-order valence-electron chi connectivity index (χ2n) is 4.98. The van der Waals surface area contributed by atoms with Gasteiger partial charge in [-0.1, -0.05) is 24.3 Å². The largest absolute Gasteiger partial charge is 0.392 e. The molecule has 0 saturated carbocycles. The number of nitrogens with one attached hydrogen (secondary N) is 1. The average molecular weight is 307 g/mol. The van der Waals surface area contributed by atoms with E-state index >= 15 is 0 Å². The highest BCUT2D eigenvalue weighted by Crippen LogP contribution is 2.35. The number of hydrogen-bond acceptors (Lipinski definition) is 4. The van der Waals surface area contributed by atoms with Crippen molar-refractivity contribution in [3.63, 3.8) is 0 Å². The molecule has 0 saturated heterocycles. The van der Waals surface area contributed by atoms with Crippen LogP contribution in [0.5, 0.6) is 0 Å². The van der Waals surface area contributed by atoms with Gasteiger partial charge < -0.3 is 5.11 Å². The molecule has 5 heteroatoms. The number of pyridine rings is 1. The molecule has 0 radical (unpaired) electrons. The monoisotopic (exact) mass is 307 g/mol. The Kier molecular flexibility index (Phi) is 3.21. The Balaban J connectivity index is 2.04. The van der Waals surface area contributed by atoms with Gasteiger partial charge in [0.05, 0.1) is 17.7 Å². The van der Waals surface area contributed by atoms with Crippen molar-refractivity contribution < 1.29 is 5.11 Å². The zero-order chi connectivity index (χ0) is 14.9. The summed E-state index contributed by atoms with van der Waals surface area (Å²) < 4.78 is 0. The summed E-state index contributed by atoms with van der Waals surface area (Å²) >= 11 is 1.66. The highest BCUT2D eigenvalue weighted by atomic mass is 32.1. The molecule has 0 atom stereocenters. The van der Waals surface area contributed by atoms with Crippen LogP contribution >= 0.6 is 11.3 Å². The Bertz CT molecular complexity index is 928. The van der Waals surface area contributed by atoms with Gasteiger partial charge in [-0.05, 0) is 39.6 Å². The highest BCUT2D eigenvalue weighted by molar-refractivity contribution is 7.08. The molecular formula is C17H13N3OS. The maximum Gasteiger partial charge on any atom is 0.182 e. The molecule has 4 nitrogen and oxygen atoms in total. The SMILES string of the molecule is OCc1ccccc1-c1[nH]nc2nccc(-c3ccsc3)c12. The van der Waals surface area contributed by atoms with Gasteiger partial charge in [-0.25, -0.2) is 4.98 Å². The first kappa shape index (κ1) is 13.2. The molecule has 108 valence electrons. The van der Waals surface area contributed by atoms with E-state index in [0.717, 1.165) is 33.3 Å². The predicted molar refractivity (Wildman–Crippen MR) is 88.6 cm³/mol. The summed E-state index contributed by atoms with van der Waals surface area (Å²) in [6.07, 6.45) is 1.78. The van der Waals surface area contributed by atoms with E-state index in [9.17, 15) is 5.11 Å². The second kappa shape index (κ2) is 5.36. The van der Waals surface area contributed by atoms with Crippen LogP contribution in [0.1, 0.15) is 5.56 Å². The van der Waals surface area contributed by atoms with Crippen molar-refractivity contribution in [2.45, 2.75) is 6.61 Å². The first-order valence-corrected chi connectivity index (χ1v) is 7.87. The minimum atomic E-state index is -0.00919. The predicted octanol–water partition coefficient (Wildman–Crippen LogP) is 3.85. The number of benzene rings is 1. The summed E-state index contributed by atoms with van der Waals surface area (Å²) in [5.74, 6) is 0. The van der Waals surface area contributed by atoms with Crippen molar-refractivity contribution >= 4 is 22.4 Å². The third-order valence-corrected chi connectivity index (χ3v) is 4.43. The number of aliphatic hydroxyl groups excluding tert-OH is 1. The van der Waals surface area contributed by atoms with Crippen molar-refractivity contribution in [1.82, 2.24) is 15.2 Å². The number of rotatable bonds is 3. The number of H-pyrrole nitrogens is 1. The lowest BCUT2D eigenvalue weighted by atomic mass is 9.99. The van der Waals surface area contributed by atoms with Crippen molar-refractivity contribution in [3.8, 4) is 22.4 Å². The van der Waals surface area contributed by atoms with Crippen LogP contribution < -0.4 is 0 Å². The molecule has 0 aliphatic rings. The molecule has 4 aromatic rings. The van der Waals surface area contributed by atoms with E-state index in [0.29, 0.717) is 5.65 Å². The lowest BCUT2D eigenvalue weighted by molar-refractivity contribution is 0.282. The highest BCUT2D eigenvalue weighted by Gasteiger charge is 2.16. The van der Waals surface area contributed by atoms with Crippen LogP contribution in [0, 0.1) is 0 Å². The number of fused-ring (bicyclic) bond motifs is 1. The maximum absolute atomic E-state index is 9.59. The van der Waals surface area contributed by atoms with E-state index < -0.39 is 0 Å². The van der Waals surface area contributed by atoms with Gasteiger partial charge in [-0.15, -0.1) is 0 Å². The van der Waals surface area contributed by atoms with E-state index in [1.807, 2.05) is 30.3 Å². The molecular weight excluding hydrogens is 294 g/mol. The molecule has 0 aliphatic carbocycles. The van der Waals surface area contributed by atoms with Crippen LogP contribution in [0.3, 0.4) is 0 Å². The first-order chi connectivity index (χ1) is 10.9. The number of aromatic amines is 1. The summed E-state index contributed by atoms with van der Waals surface area (Å²) in [6.45, 7) is -0.00919. The smallest absolute Gasteiger partial charge is 0.182 e. The van der Waals surface area contributed by atoms with Crippen LogP contribution in [-0.2, 0) is 6.61 Å². The molecule has 1 aromatic carbocycles. The zero-order valence-corrected chi connectivity index (χ0v) is 12.5. The average Bonchev–Trinajstić information content (AvgIpc) is 3.24. The minimum Gasteiger partial charge on any atom is -0.392 e. The maximum atomic E-state index is 9.59. The molecule has 3 aromatic heterocycles. The summed E-state index contributed by atoms with van der Waals surface area (Å²) in [7, 11) is 0. The Morgan fingerprint density at radius 3 is 2.82 bits per heavy atom. The van der Waals surface area contributed by atoms with Crippen LogP contribution in [0.25, 0.3) is 33.4 Å². The first-order valence-electron chi connectivity index (χ1n) is 6.93. The number of thiophene rings is 1. The number of hydrogen-bond donors (Lipinski definition) is 2. The summed E-state index contributed by atoms with van der Waals surface area (Å²) in [4.78, 5) is 4.35. The van der Waals surface area contributed by atoms with Crippen molar-refractivity contribution in [2.24, 2.45) is 0 Å². The number of aromatic nitrogens is 3. The van der Waals surface area contributed by atoms with Gasteiger partial charge in [0.2, 0.25) is 0 Å². The van der Waals surface area contributed by atoms with Gasteiger partial charge >= 0.3 is 0 Å². The standard InChI is InChI=1S/C17H13N3OS/c21-9-11-3-1-2-4-14(11)16-15-13(12-6-8-22-10-12)5-7-18-17(15)20-19-16/h1-8,10,21H,9H2,(H,18,19,20). The normalized spacial score (nSPS) is 11.1. The molecule has 0 spiro atoms. The molecule has 3 heterocycles. The van der Waals surface area contributed by atoms with Gasteiger partial charge in [0.1, 0.15) is 0 Å². The van der Waals surface area contributed by atoms with Gasteiger partial charge in [-0.3, -0.25) is 5.10 Å². The Labute approximate surface area is 131 Å². The molecule has 4 rings (SSSR count). The third kappa shape index (κ3) is 2.03. The van der Waals surface area contributed by atoms with Crippen molar-refractivity contribution in [2.75, 3.05) is 0 Å². The van der Waals surface area contributed by atoms with Crippen LogP contribution in [-0.4, -0.2) is 20.3 Å². The van der Waals surface area contributed by atoms with Gasteiger partial charge in [-0.2, -0.15) is 16.4 Å².